The maximum absolute atomic E-state index is 2.53. The lowest BCUT2D eigenvalue weighted by Crippen LogP contribution is -2.17. The van der Waals surface area contributed by atoms with Gasteiger partial charge in [-0.3, -0.25) is 0 Å². The lowest BCUT2D eigenvalue weighted by Gasteiger charge is -2.31. The average molecular weight is 694 g/mol. The van der Waals surface area contributed by atoms with Crippen molar-refractivity contribution in [2.45, 2.75) is 44.9 Å². The van der Waals surface area contributed by atoms with Crippen molar-refractivity contribution in [1.82, 2.24) is 0 Å². The Hall–Kier alpha value is -6.18. The van der Waals surface area contributed by atoms with Crippen LogP contribution in [0.5, 0.6) is 0 Å². The van der Waals surface area contributed by atoms with E-state index in [-0.39, 0.29) is 5.41 Å². The zero-order valence-electron chi connectivity index (χ0n) is 31.0. The van der Waals surface area contributed by atoms with Crippen LogP contribution in [-0.2, 0) is 18.3 Å². The van der Waals surface area contributed by atoms with Crippen LogP contribution in [0.1, 0.15) is 48.9 Å². The summed E-state index contributed by atoms with van der Waals surface area (Å²) in [4.78, 5) is 2.51. The van der Waals surface area contributed by atoms with E-state index < -0.39 is 0 Å². The molecule has 0 unspecified atom stereocenters. The van der Waals surface area contributed by atoms with Gasteiger partial charge >= 0.3 is 0 Å². The molecule has 10 rings (SSSR count). The fourth-order valence-electron chi connectivity index (χ4n) is 9.20. The molecule has 0 aliphatic heterocycles. The minimum atomic E-state index is -0.127. The van der Waals surface area contributed by atoms with E-state index >= 15 is 0 Å². The predicted octanol–water partition coefficient (Wildman–Crippen LogP) is 14.5. The van der Waals surface area contributed by atoms with Crippen LogP contribution < -0.4 is 4.90 Å². The van der Waals surface area contributed by atoms with Crippen molar-refractivity contribution in [2.75, 3.05) is 4.90 Å². The van der Waals surface area contributed by atoms with Gasteiger partial charge in [-0.15, -0.1) is 0 Å². The molecular weight excluding hydrogens is 651 g/mol. The molecule has 1 nitrogen and oxygen atoms in total. The lowest BCUT2D eigenvalue weighted by atomic mass is 9.80. The highest BCUT2D eigenvalue weighted by Crippen LogP contribution is 2.54. The molecule has 0 saturated heterocycles. The molecule has 0 aromatic heterocycles. The highest BCUT2D eigenvalue weighted by Gasteiger charge is 2.37. The van der Waals surface area contributed by atoms with Gasteiger partial charge in [0.2, 0.25) is 0 Å². The topological polar surface area (TPSA) is 3.24 Å². The Balaban J connectivity index is 1.19. The molecule has 0 spiro atoms. The second kappa shape index (κ2) is 13.0. The number of rotatable bonds is 6. The Kier molecular flexibility index (Phi) is 7.84. The van der Waals surface area contributed by atoms with Gasteiger partial charge in [0, 0.05) is 22.4 Å². The summed E-state index contributed by atoms with van der Waals surface area (Å²) in [6, 6.07) is 65.5. The van der Waals surface area contributed by atoms with Crippen molar-refractivity contribution in [3.05, 3.63) is 198 Å². The fraction of sp³-hybridized carbons (Fsp3) is 0.132. The number of benzene rings is 8. The van der Waals surface area contributed by atoms with Crippen molar-refractivity contribution in [3.8, 4) is 44.5 Å². The van der Waals surface area contributed by atoms with E-state index in [1.807, 2.05) is 0 Å². The van der Waals surface area contributed by atoms with Gasteiger partial charge in [-0.1, -0.05) is 147 Å². The molecule has 0 atom stereocenters. The van der Waals surface area contributed by atoms with E-state index in [0.717, 1.165) is 24.2 Å². The Bertz CT molecular complexity index is 2660. The first-order valence-electron chi connectivity index (χ1n) is 19.5. The minimum absolute atomic E-state index is 0.127. The normalized spacial score (nSPS) is 14.0. The molecule has 0 heterocycles. The predicted molar refractivity (Wildman–Crippen MR) is 229 cm³/mol. The summed E-state index contributed by atoms with van der Waals surface area (Å²) in [5.74, 6) is 0. The summed E-state index contributed by atoms with van der Waals surface area (Å²) in [7, 11) is 0. The molecule has 0 radical (unpaired) electrons. The molecule has 8 aromatic carbocycles. The summed E-state index contributed by atoms with van der Waals surface area (Å²) < 4.78 is 0. The van der Waals surface area contributed by atoms with E-state index in [4.69, 9.17) is 0 Å². The van der Waals surface area contributed by atoms with Crippen LogP contribution in [-0.4, -0.2) is 0 Å². The van der Waals surface area contributed by atoms with Gasteiger partial charge < -0.3 is 4.90 Å². The van der Waals surface area contributed by atoms with Gasteiger partial charge in [0.1, 0.15) is 0 Å². The summed E-state index contributed by atoms with van der Waals surface area (Å²) >= 11 is 0. The Labute approximate surface area is 319 Å². The molecule has 0 bridgehead atoms. The van der Waals surface area contributed by atoms with Gasteiger partial charge in [-0.05, 0) is 140 Å². The molecule has 0 saturated carbocycles. The van der Waals surface area contributed by atoms with E-state index in [0.29, 0.717) is 0 Å². The van der Waals surface area contributed by atoms with Crippen LogP contribution in [0, 0.1) is 0 Å². The van der Waals surface area contributed by atoms with Crippen molar-refractivity contribution in [3.63, 3.8) is 0 Å². The number of anilines is 3. The third-order valence-corrected chi connectivity index (χ3v) is 12.1. The smallest absolute Gasteiger partial charge is 0.0543 e. The molecule has 1 heteroatoms. The zero-order valence-corrected chi connectivity index (χ0v) is 31.0. The highest BCUT2D eigenvalue weighted by molar-refractivity contribution is 5.96. The zero-order chi connectivity index (χ0) is 36.2. The summed E-state index contributed by atoms with van der Waals surface area (Å²) in [5.41, 5.74) is 19.4. The SMILES string of the molecule is CC1(C)c2ccccc2-c2cc(-c3cccc4c3CCCC4)c(N(c3ccc(-c4ccccc4)cc3)c3ccc(-c4ccc5ccccc5c4)cc3)cc21. The molecule has 0 amide bonds. The second-order valence-electron chi connectivity index (χ2n) is 15.6. The van der Waals surface area contributed by atoms with Gasteiger partial charge in [0.05, 0.1) is 5.69 Å². The minimum Gasteiger partial charge on any atom is -0.310 e. The maximum atomic E-state index is 2.53. The van der Waals surface area contributed by atoms with Crippen LogP contribution in [0.3, 0.4) is 0 Å². The number of aryl methyl sites for hydroxylation is 1. The van der Waals surface area contributed by atoms with E-state index in [1.54, 1.807) is 0 Å². The van der Waals surface area contributed by atoms with E-state index in [1.165, 1.54) is 96.1 Å². The number of fused-ring (bicyclic) bond motifs is 5. The summed E-state index contributed by atoms with van der Waals surface area (Å²) in [6.07, 6.45) is 4.77. The first kappa shape index (κ1) is 32.5. The monoisotopic (exact) mass is 693 g/mol. The van der Waals surface area contributed by atoms with Crippen LogP contribution in [0.2, 0.25) is 0 Å². The van der Waals surface area contributed by atoms with Crippen molar-refractivity contribution in [2.24, 2.45) is 0 Å². The molecular formula is C53H43N. The second-order valence-corrected chi connectivity index (χ2v) is 15.6. The van der Waals surface area contributed by atoms with Crippen LogP contribution >= 0.6 is 0 Å². The summed E-state index contributed by atoms with van der Waals surface area (Å²) in [5, 5.41) is 2.53. The van der Waals surface area contributed by atoms with Crippen LogP contribution in [0.4, 0.5) is 17.1 Å². The third-order valence-electron chi connectivity index (χ3n) is 12.1. The van der Waals surface area contributed by atoms with E-state index in [9.17, 15) is 0 Å². The number of nitrogens with zero attached hydrogens (tertiary/aromatic N) is 1. The molecule has 2 aliphatic rings. The van der Waals surface area contributed by atoms with Gasteiger partial charge in [-0.25, -0.2) is 0 Å². The van der Waals surface area contributed by atoms with Crippen LogP contribution in [0.25, 0.3) is 55.3 Å². The first-order chi connectivity index (χ1) is 26.5. The molecule has 8 aromatic rings. The molecule has 0 N–H and O–H groups in total. The molecule has 54 heavy (non-hydrogen) atoms. The van der Waals surface area contributed by atoms with Gasteiger partial charge in [-0.2, -0.15) is 0 Å². The van der Waals surface area contributed by atoms with Crippen molar-refractivity contribution >= 4 is 27.8 Å². The third kappa shape index (κ3) is 5.46. The average Bonchev–Trinajstić information content (AvgIpc) is 3.46. The van der Waals surface area contributed by atoms with Crippen molar-refractivity contribution < 1.29 is 0 Å². The molecule has 260 valence electrons. The number of hydrogen-bond donors (Lipinski definition) is 0. The quantitative estimate of drug-likeness (QED) is 0.168. The number of hydrogen-bond acceptors (Lipinski definition) is 1. The molecule has 2 aliphatic carbocycles. The summed E-state index contributed by atoms with van der Waals surface area (Å²) in [6.45, 7) is 4.78. The van der Waals surface area contributed by atoms with E-state index in [2.05, 4.69) is 195 Å². The Morgan fingerprint density at radius 3 is 1.80 bits per heavy atom. The van der Waals surface area contributed by atoms with Crippen molar-refractivity contribution in [1.29, 1.82) is 0 Å². The first-order valence-corrected chi connectivity index (χ1v) is 19.5. The maximum Gasteiger partial charge on any atom is 0.0543 e. The highest BCUT2D eigenvalue weighted by atomic mass is 15.1. The Morgan fingerprint density at radius 1 is 0.407 bits per heavy atom. The van der Waals surface area contributed by atoms with Crippen LogP contribution in [0.15, 0.2) is 176 Å². The standard InChI is InChI=1S/C53H43N/c1-53(2)50-22-11-10-20-47(50)48-34-49(46-21-12-18-40-16-8-9-19-45(40)46)52(35-51(48)53)54(43-29-25-38(26-30-43)36-13-4-3-5-14-36)44-31-27-39(28-32-44)42-24-23-37-15-6-7-17-41(37)33-42/h3-7,10-15,17-18,20-35H,8-9,16,19H2,1-2H3. The van der Waals surface area contributed by atoms with Gasteiger partial charge in [0.15, 0.2) is 0 Å². The van der Waals surface area contributed by atoms with Gasteiger partial charge in [0.25, 0.3) is 0 Å². The fourth-order valence-corrected chi connectivity index (χ4v) is 9.20. The largest absolute Gasteiger partial charge is 0.310 e. The lowest BCUT2D eigenvalue weighted by molar-refractivity contribution is 0.660. The Morgan fingerprint density at radius 2 is 1.02 bits per heavy atom. The molecule has 0 fully saturated rings.